The van der Waals surface area contributed by atoms with Gasteiger partial charge in [-0.3, -0.25) is 0 Å². The molecule has 1 heterocycles. The third-order valence-corrected chi connectivity index (χ3v) is 4.40. The van der Waals surface area contributed by atoms with Crippen LogP contribution in [0.5, 0.6) is 0 Å². The van der Waals surface area contributed by atoms with Gasteiger partial charge in [0.25, 0.3) is 0 Å². The van der Waals surface area contributed by atoms with Crippen LogP contribution in [0.25, 0.3) is 0 Å². The summed E-state index contributed by atoms with van der Waals surface area (Å²) >= 11 is 3.55. The number of piperidine rings is 1. The monoisotopic (exact) mass is 296 g/mol. The number of nitrogens with one attached hydrogen (secondary N) is 1. The summed E-state index contributed by atoms with van der Waals surface area (Å²) in [6.07, 6.45) is 2.67. The molecule has 2 nitrogen and oxygen atoms in total. The molecule has 0 aliphatic carbocycles. The van der Waals surface area contributed by atoms with Crippen LogP contribution in [-0.4, -0.2) is 26.7 Å². The molecule has 1 aromatic rings. The fourth-order valence-corrected chi connectivity index (χ4v) is 2.69. The normalized spacial score (nSPS) is 20.3. The van der Waals surface area contributed by atoms with Crippen molar-refractivity contribution in [2.24, 2.45) is 5.92 Å². The summed E-state index contributed by atoms with van der Waals surface area (Å²) in [5.41, 5.74) is 2.62. The lowest BCUT2D eigenvalue weighted by Gasteiger charge is -2.29. The first-order chi connectivity index (χ1) is 8.16. The van der Waals surface area contributed by atoms with Crippen molar-refractivity contribution in [3.63, 3.8) is 0 Å². The number of anilines is 1. The minimum atomic E-state index is 0.790. The molecule has 2 rings (SSSR count). The molecule has 17 heavy (non-hydrogen) atoms. The number of benzene rings is 1. The SMILES string of the molecule is Cc1cc(N(C)CC2CCCNC2)ccc1Br. The second kappa shape index (κ2) is 5.87. The first kappa shape index (κ1) is 12.9. The average molecular weight is 297 g/mol. The second-order valence-corrected chi connectivity index (χ2v) is 5.88. The van der Waals surface area contributed by atoms with Crippen LogP contribution in [0.1, 0.15) is 18.4 Å². The molecule has 1 aliphatic heterocycles. The maximum absolute atomic E-state index is 3.55. The topological polar surface area (TPSA) is 15.3 Å². The average Bonchev–Trinajstić information content (AvgIpc) is 2.34. The van der Waals surface area contributed by atoms with Crippen molar-refractivity contribution < 1.29 is 0 Å². The van der Waals surface area contributed by atoms with E-state index in [2.05, 4.69) is 58.3 Å². The Kier molecular flexibility index (Phi) is 4.46. The van der Waals surface area contributed by atoms with Gasteiger partial charge in [0.1, 0.15) is 0 Å². The van der Waals surface area contributed by atoms with Crippen molar-refractivity contribution in [3.05, 3.63) is 28.2 Å². The lowest BCUT2D eigenvalue weighted by molar-refractivity contribution is 0.381. The standard InChI is InChI=1S/C14H21BrN2/c1-11-8-13(5-6-14(11)15)17(2)10-12-4-3-7-16-9-12/h5-6,8,12,16H,3-4,7,9-10H2,1-2H3. The van der Waals surface area contributed by atoms with Gasteiger partial charge in [0.2, 0.25) is 0 Å². The van der Waals surface area contributed by atoms with Gasteiger partial charge in [-0.1, -0.05) is 15.9 Å². The number of aryl methyl sites for hydroxylation is 1. The van der Waals surface area contributed by atoms with Crippen molar-refractivity contribution >= 4 is 21.6 Å². The summed E-state index contributed by atoms with van der Waals surface area (Å²) in [7, 11) is 2.19. The van der Waals surface area contributed by atoms with Crippen molar-refractivity contribution in [3.8, 4) is 0 Å². The highest BCUT2D eigenvalue weighted by Gasteiger charge is 2.15. The minimum Gasteiger partial charge on any atom is -0.374 e. The summed E-state index contributed by atoms with van der Waals surface area (Å²) in [5, 5.41) is 3.48. The van der Waals surface area contributed by atoms with E-state index in [4.69, 9.17) is 0 Å². The number of rotatable bonds is 3. The second-order valence-electron chi connectivity index (χ2n) is 5.03. The molecule has 3 heteroatoms. The van der Waals surface area contributed by atoms with Gasteiger partial charge in [-0.15, -0.1) is 0 Å². The van der Waals surface area contributed by atoms with E-state index in [1.807, 2.05) is 0 Å². The zero-order chi connectivity index (χ0) is 12.3. The molecule has 0 radical (unpaired) electrons. The Hall–Kier alpha value is -0.540. The van der Waals surface area contributed by atoms with Crippen LogP contribution in [0.3, 0.4) is 0 Å². The van der Waals surface area contributed by atoms with E-state index < -0.39 is 0 Å². The summed E-state index contributed by atoms with van der Waals surface area (Å²) in [6, 6.07) is 6.58. The Morgan fingerprint density at radius 3 is 2.94 bits per heavy atom. The summed E-state index contributed by atoms with van der Waals surface area (Å²) in [5.74, 6) is 0.790. The molecular weight excluding hydrogens is 276 g/mol. The van der Waals surface area contributed by atoms with Gasteiger partial charge in [-0.25, -0.2) is 0 Å². The highest BCUT2D eigenvalue weighted by Crippen LogP contribution is 2.23. The fourth-order valence-electron chi connectivity index (χ4n) is 2.44. The Labute approximate surface area is 113 Å². The van der Waals surface area contributed by atoms with Gasteiger partial charge in [0.15, 0.2) is 0 Å². The Morgan fingerprint density at radius 2 is 2.29 bits per heavy atom. The van der Waals surface area contributed by atoms with Crippen LogP contribution in [0.4, 0.5) is 5.69 Å². The summed E-state index contributed by atoms with van der Waals surface area (Å²) in [6.45, 7) is 5.65. The van der Waals surface area contributed by atoms with E-state index in [0.29, 0.717) is 0 Å². The molecule has 1 N–H and O–H groups in total. The molecule has 1 fully saturated rings. The largest absolute Gasteiger partial charge is 0.374 e. The molecule has 1 aromatic carbocycles. The molecule has 1 atom stereocenters. The van der Waals surface area contributed by atoms with Crippen molar-refractivity contribution in [1.82, 2.24) is 5.32 Å². The Bertz CT molecular complexity index is 372. The van der Waals surface area contributed by atoms with Gasteiger partial charge >= 0.3 is 0 Å². The van der Waals surface area contributed by atoms with E-state index in [9.17, 15) is 0 Å². The molecule has 1 unspecified atom stereocenters. The molecule has 0 spiro atoms. The fraction of sp³-hybridized carbons (Fsp3) is 0.571. The zero-order valence-electron chi connectivity index (χ0n) is 10.7. The zero-order valence-corrected chi connectivity index (χ0v) is 12.3. The highest BCUT2D eigenvalue weighted by molar-refractivity contribution is 9.10. The van der Waals surface area contributed by atoms with Crippen molar-refractivity contribution in [2.75, 3.05) is 31.6 Å². The van der Waals surface area contributed by atoms with E-state index in [0.717, 1.165) is 12.5 Å². The molecule has 0 saturated carbocycles. The van der Waals surface area contributed by atoms with Crippen LogP contribution in [0.2, 0.25) is 0 Å². The number of halogens is 1. The number of hydrogen-bond acceptors (Lipinski definition) is 2. The Balaban J connectivity index is 1.98. The maximum Gasteiger partial charge on any atom is 0.0367 e. The third-order valence-electron chi connectivity index (χ3n) is 3.51. The molecule has 94 valence electrons. The van der Waals surface area contributed by atoms with Gasteiger partial charge in [0, 0.05) is 23.8 Å². The maximum atomic E-state index is 3.55. The first-order valence-electron chi connectivity index (χ1n) is 6.35. The van der Waals surface area contributed by atoms with E-state index in [1.54, 1.807) is 0 Å². The third kappa shape index (κ3) is 3.46. The summed E-state index contributed by atoms with van der Waals surface area (Å²) < 4.78 is 1.19. The van der Waals surface area contributed by atoms with Gasteiger partial charge < -0.3 is 10.2 Å². The lowest BCUT2D eigenvalue weighted by atomic mass is 9.99. The lowest BCUT2D eigenvalue weighted by Crippen LogP contribution is -2.36. The Morgan fingerprint density at radius 1 is 1.47 bits per heavy atom. The number of nitrogens with zero attached hydrogens (tertiary/aromatic N) is 1. The van der Waals surface area contributed by atoms with Crippen LogP contribution >= 0.6 is 15.9 Å². The molecular formula is C14H21BrN2. The molecule has 0 aromatic heterocycles. The van der Waals surface area contributed by atoms with Gasteiger partial charge in [-0.2, -0.15) is 0 Å². The number of hydrogen-bond donors (Lipinski definition) is 1. The molecule has 1 saturated heterocycles. The predicted molar refractivity (Wildman–Crippen MR) is 77.7 cm³/mol. The predicted octanol–water partition coefficient (Wildman–Crippen LogP) is 3.19. The van der Waals surface area contributed by atoms with Crippen molar-refractivity contribution in [2.45, 2.75) is 19.8 Å². The van der Waals surface area contributed by atoms with E-state index in [1.165, 1.54) is 41.7 Å². The quantitative estimate of drug-likeness (QED) is 0.921. The smallest absolute Gasteiger partial charge is 0.0367 e. The molecule has 0 bridgehead atoms. The van der Waals surface area contributed by atoms with E-state index >= 15 is 0 Å². The first-order valence-corrected chi connectivity index (χ1v) is 7.14. The van der Waals surface area contributed by atoms with E-state index in [-0.39, 0.29) is 0 Å². The van der Waals surface area contributed by atoms with Crippen LogP contribution in [-0.2, 0) is 0 Å². The van der Waals surface area contributed by atoms with Crippen LogP contribution in [0.15, 0.2) is 22.7 Å². The highest BCUT2D eigenvalue weighted by atomic mass is 79.9. The van der Waals surface area contributed by atoms with Gasteiger partial charge in [0.05, 0.1) is 0 Å². The molecule has 0 amide bonds. The molecule has 1 aliphatic rings. The summed E-state index contributed by atoms with van der Waals surface area (Å²) in [4.78, 5) is 2.37. The van der Waals surface area contributed by atoms with Gasteiger partial charge in [-0.05, 0) is 62.5 Å². The van der Waals surface area contributed by atoms with Crippen molar-refractivity contribution in [1.29, 1.82) is 0 Å². The van der Waals surface area contributed by atoms with Crippen LogP contribution in [0, 0.1) is 12.8 Å². The minimum absolute atomic E-state index is 0.790. The van der Waals surface area contributed by atoms with Crippen LogP contribution < -0.4 is 10.2 Å².